The Morgan fingerprint density at radius 1 is 0.950 bits per heavy atom. The number of benzene rings is 2. The first-order valence-electron chi connectivity index (χ1n) is 16.0. The van der Waals surface area contributed by atoms with Crippen molar-refractivity contribution in [1.82, 2.24) is 0 Å². The molecular formula is C40H52. The van der Waals surface area contributed by atoms with Gasteiger partial charge in [0.05, 0.1) is 0 Å². The molecule has 0 aliphatic heterocycles. The number of rotatable bonds is 7. The lowest BCUT2D eigenvalue weighted by molar-refractivity contribution is 0.224. The molecule has 0 amide bonds. The minimum absolute atomic E-state index is 0.360. The maximum atomic E-state index is 4.46. The number of fused-ring (bicyclic) bond motifs is 1. The van der Waals surface area contributed by atoms with E-state index in [2.05, 4.69) is 103 Å². The van der Waals surface area contributed by atoms with Crippen LogP contribution in [-0.4, -0.2) is 0 Å². The molecule has 0 saturated heterocycles. The molecule has 3 aliphatic carbocycles. The van der Waals surface area contributed by atoms with Gasteiger partial charge in [-0.25, -0.2) is 0 Å². The zero-order valence-electron chi connectivity index (χ0n) is 26.2. The van der Waals surface area contributed by atoms with Crippen LogP contribution in [0.2, 0.25) is 0 Å². The highest BCUT2D eigenvalue weighted by Crippen LogP contribution is 2.43. The Labute approximate surface area is 245 Å². The van der Waals surface area contributed by atoms with Gasteiger partial charge in [0.2, 0.25) is 0 Å². The van der Waals surface area contributed by atoms with Gasteiger partial charge in [0, 0.05) is 5.92 Å². The molecule has 0 heterocycles. The van der Waals surface area contributed by atoms with Crippen LogP contribution in [0.3, 0.4) is 0 Å². The molecule has 212 valence electrons. The average molecular weight is 533 g/mol. The third kappa shape index (κ3) is 6.48. The Kier molecular flexibility index (Phi) is 8.47. The lowest BCUT2D eigenvalue weighted by Gasteiger charge is -2.32. The van der Waals surface area contributed by atoms with Crippen LogP contribution in [0.15, 0.2) is 72.4 Å². The van der Waals surface area contributed by atoms with Crippen molar-refractivity contribution in [2.45, 2.75) is 99.3 Å². The van der Waals surface area contributed by atoms with Crippen LogP contribution in [-0.2, 0) is 12.8 Å². The van der Waals surface area contributed by atoms with Crippen molar-refractivity contribution in [3.05, 3.63) is 100 Å². The van der Waals surface area contributed by atoms with E-state index in [0.717, 1.165) is 24.7 Å². The van der Waals surface area contributed by atoms with Crippen LogP contribution in [0, 0.1) is 42.9 Å². The monoisotopic (exact) mass is 532 g/mol. The van der Waals surface area contributed by atoms with E-state index in [1.54, 1.807) is 5.56 Å². The molecule has 0 spiro atoms. The van der Waals surface area contributed by atoms with Gasteiger partial charge in [-0.05, 0) is 114 Å². The summed E-state index contributed by atoms with van der Waals surface area (Å²) < 4.78 is 0. The van der Waals surface area contributed by atoms with Crippen LogP contribution in [0.4, 0.5) is 0 Å². The standard InChI is InChI=1S/C40H52/c1-26-19-29(4)37(23-32-12-9-11-31(21-32)17-18-40(6,7)8)39(20-26)35-14-10-13-34-22-33(25-38(34)35)24-36-28(3)16-15-27(2)30(36)5/h10,13-16,19-20,22,27,31-32,36H,3,5,9,11-12,17-18,21,23-25H2,1-2,4,6-8H3. The van der Waals surface area contributed by atoms with E-state index in [0.29, 0.717) is 17.3 Å². The van der Waals surface area contributed by atoms with Crippen molar-refractivity contribution < 1.29 is 0 Å². The van der Waals surface area contributed by atoms with Crippen molar-refractivity contribution in [2.75, 3.05) is 0 Å². The second-order valence-corrected chi connectivity index (χ2v) is 14.7. The zero-order chi connectivity index (χ0) is 28.6. The molecule has 1 fully saturated rings. The smallest absolute Gasteiger partial charge is 0.00826 e. The summed E-state index contributed by atoms with van der Waals surface area (Å²) >= 11 is 0. The average Bonchev–Trinajstić information content (AvgIpc) is 3.32. The third-order valence-corrected chi connectivity index (χ3v) is 10.1. The van der Waals surface area contributed by atoms with E-state index >= 15 is 0 Å². The summed E-state index contributed by atoms with van der Waals surface area (Å²) in [6.45, 7) is 22.9. The molecule has 0 N–H and O–H groups in total. The molecule has 0 heteroatoms. The van der Waals surface area contributed by atoms with Crippen molar-refractivity contribution in [1.29, 1.82) is 0 Å². The fourth-order valence-corrected chi connectivity index (χ4v) is 7.69. The zero-order valence-corrected chi connectivity index (χ0v) is 26.2. The van der Waals surface area contributed by atoms with Crippen LogP contribution in [0.5, 0.6) is 0 Å². The van der Waals surface area contributed by atoms with Gasteiger partial charge >= 0.3 is 0 Å². The van der Waals surface area contributed by atoms with E-state index in [-0.39, 0.29) is 0 Å². The largest absolute Gasteiger partial charge is 0.0986 e. The summed E-state index contributed by atoms with van der Waals surface area (Å²) in [5.41, 5.74) is 14.8. The van der Waals surface area contributed by atoms with Gasteiger partial charge in [0.25, 0.3) is 0 Å². The number of allylic oxidation sites excluding steroid dienone is 5. The third-order valence-electron chi connectivity index (χ3n) is 10.1. The van der Waals surface area contributed by atoms with Gasteiger partial charge in [0.1, 0.15) is 0 Å². The minimum Gasteiger partial charge on any atom is -0.0986 e. The predicted octanol–water partition coefficient (Wildman–Crippen LogP) is 11.4. The SMILES string of the molecule is C=C1C=CC(C)C(=C)C1CC1=Cc2cccc(-c3cc(C)cc(C)c3CC3CCCC(CCC(C)(C)C)C3)c2C1. The van der Waals surface area contributed by atoms with Gasteiger partial charge in [-0.2, -0.15) is 0 Å². The highest BCUT2D eigenvalue weighted by molar-refractivity contribution is 5.80. The van der Waals surface area contributed by atoms with Crippen molar-refractivity contribution >= 4 is 6.08 Å². The molecule has 40 heavy (non-hydrogen) atoms. The highest BCUT2D eigenvalue weighted by atomic mass is 14.3. The fraction of sp³-hybridized carbons (Fsp3) is 0.500. The van der Waals surface area contributed by atoms with Crippen LogP contribution >= 0.6 is 0 Å². The first-order valence-corrected chi connectivity index (χ1v) is 16.0. The quantitative estimate of drug-likeness (QED) is 0.311. The molecule has 2 aromatic carbocycles. The Balaban J connectivity index is 1.38. The van der Waals surface area contributed by atoms with Crippen molar-refractivity contribution in [3.8, 4) is 11.1 Å². The van der Waals surface area contributed by atoms with Gasteiger partial charge in [-0.3, -0.25) is 0 Å². The van der Waals surface area contributed by atoms with E-state index < -0.39 is 0 Å². The summed E-state index contributed by atoms with van der Waals surface area (Å²) in [4.78, 5) is 0. The van der Waals surface area contributed by atoms with Crippen LogP contribution < -0.4 is 0 Å². The summed E-state index contributed by atoms with van der Waals surface area (Å²) in [7, 11) is 0. The van der Waals surface area contributed by atoms with Gasteiger partial charge < -0.3 is 0 Å². The normalized spacial score (nSPS) is 24.8. The Morgan fingerprint density at radius 2 is 1.73 bits per heavy atom. The van der Waals surface area contributed by atoms with E-state index in [4.69, 9.17) is 0 Å². The van der Waals surface area contributed by atoms with Crippen molar-refractivity contribution in [2.24, 2.45) is 29.1 Å². The van der Waals surface area contributed by atoms with Crippen molar-refractivity contribution in [3.63, 3.8) is 0 Å². The Hall–Kier alpha value is -2.60. The second-order valence-electron chi connectivity index (χ2n) is 14.7. The molecule has 0 aromatic heterocycles. The topological polar surface area (TPSA) is 0 Å². The van der Waals surface area contributed by atoms with E-state index in [1.807, 2.05) is 0 Å². The number of aryl methyl sites for hydroxylation is 2. The fourth-order valence-electron chi connectivity index (χ4n) is 7.69. The van der Waals surface area contributed by atoms with Gasteiger partial charge in [0.15, 0.2) is 0 Å². The molecule has 0 bridgehead atoms. The summed E-state index contributed by atoms with van der Waals surface area (Å²) in [6.07, 6.45) is 18.6. The molecule has 4 unspecified atom stereocenters. The van der Waals surface area contributed by atoms with Crippen LogP contribution in [0.1, 0.15) is 100 Å². The molecule has 0 radical (unpaired) electrons. The molecule has 2 aromatic rings. The molecular weight excluding hydrogens is 480 g/mol. The molecule has 3 aliphatic rings. The molecule has 4 atom stereocenters. The summed E-state index contributed by atoms with van der Waals surface area (Å²) in [5, 5.41) is 0. The first-order chi connectivity index (χ1) is 19.0. The molecule has 1 saturated carbocycles. The van der Waals surface area contributed by atoms with E-state index in [1.165, 1.54) is 95.0 Å². The first kappa shape index (κ1) is 28.9. The number of hydrogen-bond donors (Lipinski definition) is 0. The predicted molar refractivity (Wildman–Crippen MR) is 176 cm³/mol. The molecule has 0 nitrogen and oxygen atoms in total. The summed E-state index contributed by atoms with van der Waals surface area (Å²) in [6, 6.07) is 11.9. The van der Waals surface area contributed by atoms with E-state index in [9.17, 15) is 0 Å². The highest BCUT2D eigenvalue weighted by Gasteiger charge is 2.28. The van der Waals surface area contributed by atoms with Crippen LogP contribution in [0.25, 0.3) is 17.2 Å². The Bertz CT molecular complexity index is 1340. The number of hydrogen-bond acceptors (Lipinski definition) is 0. The molecule has 5 rings (SSSR count). The second kappa shape index (κ2) is 11.7. The summed E-state index contributed by atoms with van der Waals surface area (Å²) in [5.74, 6) is 2.50. The minimum atomic E-state index is 0.360. The Morgan fingerprint density at radius 3 is 2.50 bits per heavy atom. The lowest BCUT2D eigenvalue weighted by atomic mass is 9.73. The maximum absolute atomic E-state index is 4.46. The lowest BCUT2D eigenvalue weighted by Crippen LogP contribution is -2.20. The maximum Gasteiger partial charge on any atom is 0.00826 e. The van der Waals surface area contributed by atoms with Gasteiger partial charge in [-0.15, -0.1) is 0 Å². The van der Waals surface area contributed by atoms with Gasteiger partial charge in [-0.1, -0.05) is 125 Å².